The first kappa shape index (κ1) is 20.9. The van der Waals surface area contributed by atoms with Gasteiger partial charge in [0, 0.05) is 12.2 Å². The summed E-state index contributed by atoms with van der Waals surface area (Å²) in [5, 5.41) is 2.59. The van der Waals surface area contributed by atoms with Crippen LogP contribution < -0.4 is 14.4 Å². The van der Waals surface area contributed by atoms with Gasteiger partial charge in [0.1, 0.15) is 11.6 Å². The summed E-state index contributed by atoms with van der Waals surface area (Å²) in [6, 6.07) is 18.9. The maximum atomic E-state index is 13.1. The number of fused-ring (bicyclic) bond motifs is 1. The molecule has 1 N–H and O–H groups in total. The number of benzene rings is 3. The molecule has 0 aromatic heterocycles. The molecule has 31 heavy (non-hydrogen) atoms. The first-order chi connectivity index (χ1) is 14.9. The minimum atomic E-state index is -3.70. The standard InChI is InChI=1S/C23H21FN2O4S/c24-18-7-9-19(10-8-18)25-23(27)16-30-20-11-13-21(14-12-20)31(28,29)26-15-3-5-17-4-1-2-6-22(17)26/h1-2,4,6-14H,3,5,15-16H2,(H,25,27). The average molecular weight is 440 g/mol. The highest BCUT2D eigenvalue weighted by molar-refractivity contribution is 7.92. The number of hydrogen-bond donors (Lipinski definition) is 1. The molecular weight excluding hydrogens is 419 g/mol. The molecule has 0 bridgehead atoms. The van der Waals surface area contributed by atoms with Crippen molar-refractivity contribution in [1.29, 1.82) is 0 Å². The van der Waals surface area contributed by atoms with Gasteiger partial charge in [-0.2, -0.15) is 0 Å². The molecule has 6 nitrogen and oxygen atoms in total. The van der Waals surface area contributed by atoms with Crippen LogP contribution in [0.25, 0.3) is 0 Å². The topological polar surface area (TPSA) is 75.7 Å². The molecule has 0 radical (unpaired) electrons. The number of nitrogens with one attached hydrogen (secondary N) is 1. The Morgan fingerprint density at radius 1 is 1.00 bits per heavy atom. The molecule has 8 heteroatoms. The summed E-state index contributed by atoms with van der Waals surface area (Å²) in [6.45, 7) is 0.171. The van der Waals surface area contributed by atoms with E-state index in [-0.39, 0.29) is 11.5 Å². The normalized spacial score (nSPS) is 13.4. The third-order valence-corrected chi connectivity index (χ3v) is 6.80. The van der Waals surface area contributed by atoms with Gasteiger partial charge >= 0.3 is 0 Å². The Hall–Kier alpha value is -3.39. The number of sulfonamides is 1. The first-order valence-electron chi connectivity index (χ1n) is 9.82. The number of amides is 1. The van der Waals surface area contributed by atoms with Crippen LogP contribution in [0.5, 0.6) is 5.75 Å². The molecule has 1 heterocycles. The number of anilines is 2. The van der Waals surface area contributed by atoms with Crippen LogP contribution in [0.2, 0.25) is 0 Å². The van der Waals surface area contributed by atoms with Crippen molar-refractivity contribution in [3.8, 4) is 5.75 Å². The molecule has 1 amide bonds. The van der Waals surface area contributed by atoms with Crippen LogP contribution in [0, 0.1) is 5.82 Å². The number of hydrogen-bond acceptors (Lipinski definition) is 4. The third-order valence-electron chi connectivity index (χ3n) is 4.98. The number of halogens is 1. The smallest absolute Gasteiger partial charge is 0.264 e. The van der Waals surface area contributed by atoms with E-state index in [1.807, 2.05) is 24.3 Å². The van der Waals surface area contributed by atoms with Crippen molar-refractivity contribution < 1.29 is 22.3 Å². The van der Waals surface area contributed by atoms with Gasteiger partial charge in [0.05, 0.1) is 10.6 Å². The molecule has 0 aliphatic carbocycles. The first-order valence-corrected chi connectivity index (χ1v) is 11.3. The highest BCUT2D eigenvalue weighted by Crippen LogP contribution is 2.32. The van der Waals surface area contributed by atoms with E-state index in [1.54, 1.807) is 0 Å². The summed E-state index contributed by atoms with van der Waals surface area (Å²) in [5.74, 6) is -0.433. The second kappa shape index (κ2) is 8.77. The van der Waals surface area contributed by atoms with Crippen LogP contribution in [0.15, 0.2) is 77.7 Å². The highest BCUT2D eigenvalue weighted by atomic mass is 32.2. The number of carbonyl (C=O) groups is 1. The van der Waals surface area contributed by atoms with E-state index >= 15 is 0 Å². The van der Waals surface area contributed by atoms with Gasteiger partial charge < -0.3 is 10.1 Å². The largest absolute Gasteiger partial charge is 0.484 e. The average Bonchev–Trinajstić information content (AvgIpc) is 2.79. The van der Waals surface area contributed by atoms with Crippen molar-refractivity contribution in [3.63, 3.8) is 0 Å². The van der Waals surface area contributed by atoms with Crippen molar-refractivity contribution in [1.82, 2.24) is 0 Å². The highest BCUT2D eigenvalue weighted by Gasteiger charge is 2.28. The molecule has 4 rings (SSSR count). The fourth-order valence-electron chi connectivity index (χ4n) is 3.46. The van der Waals surface area contributed by atoms with Crippen molar-refractivity contribution >= 4 is 27.3 Å². The van der Waals surface area contributed by atoms with E-state index in [1.165, 1.54) is 52.8 Å². The predicted molar refractivity (Wildman–Crippen MR) is 116 cm³/mol. The number of nitrogens with zero attached hydrogens (tertiary/aromatic N) is 1. The summed E-state index contributed by atoms with van der Waals surface area (Å²) in [7, 11) is -3.70. The molecule has 1 aliphatic heterocycles. The van der Waals surface area contributed by atoms with Gasteiger partial charge in [-0.05, 0) is 73.0 Å². The number of para-hydroxylation sites is 1. The van der Waals surface area contributed by atoms with Gasteiger partial charge in [0.2, 0.25) is 0 Å². The van der Waals surface area contributed by atoms with E-state index in [0.29, 0.717) is 23.7 Å². The lowest BCUT2D eigenvalue weighted by Gasteiger charge is -2.30. The number of ether oxygens (including phenoxy) is 1. The summed E-state index contributed by atoms with van der Waals surface area (Å²) < 4.78 is 46.1. The van der Waals surface area contributed by atoms with Crippen LogP contribution in [-0.2, 0) is 21.2 Å². The van der Waals surface area contributed by atoms with Crippen LogP contribution >= 0.6 is 0 Å². The lowest BCUT2D eigenvalue weighted by Crippen LogP contribution is -2.35. The molecular formula is C23H21FN2O4S. The maximum absolute atomic E-state index is 13.1. The molecule has 1 aliphatic rings. The van der Waals surface area contributed by atoms with Gasteiger partial charge in [0.15, 0.2) is 6.61 Å². The predicted octanol–water partition coefficient (Wildman–Crippen LogP) is 3.98. The van der Waals surface area contributed by atoms with E-state index in [4.69, 9.17) is 4.74 Å². The van der Waals surface area contributed by atoms with E-state index in [0.717, 1.165) is 18.4 Å². The summed E-state index contributed by atoms with van der Waals surface area (Å²) in [4.78, 5) is 12.1. The zero-order chi connectivity index (χ0) is 21.8. The summed E-state index contributed by atoms with van der Waals surface area (Å²) in [5.41, 5.74) is 2.19. The van der Waals surface area contributed by atoms with E-state index < -0.39 is 21.7 Å². The van der Waals surface area contributed by atoms with Gasteiger partial charge in [-0.25, -0.2) is 12.8 Å². The molecule has 0 atom stereocenters. The van der Waals surface area contributed by atoms with Crippen LogP contribution in [0.3, 0.4) is 0 Å². The zero-order valence-corrected chi connectivity index (χ0v) is 17.4. The summed E-state index contributed by atoms with van der Waals surface area (Å²) in [6.07, 6.45) is 1.62. The Labute approximate surface area is 180 Å². The van der Waals surface area contributed by atoms with Crippen molar-refractivity contribution in [2.45, 2.75) is 17.7 Å². The van der Waals surface area contributed by atoms with Crippen LogP contribution in [-0.4, -0.2) is 27.5 Å². The second-order valence-electron chi connectivity index (χ2n) is 7.12. The molecule has 0 unspecified atom stereocenters. The molecule has 3 aromatic rings. The molecule has 3 aromatic carbocycles. The lowest BCUT2D eigenvalue weighted by molar-refractivity contribution is -0.118. The quantitative estimate of drug-likeness (QED) is 0.629. The molecule has 0 spiro atoms. The SMILES string of the molecule is O=C(COc1ccc(S(=O)(=O)N2CCCc3ccccc32)cc1)Nc1ccc(F)cc1. The fourth-order valence-corrected chi connectivity index (χ4v) is 5.00. The fraction of sp³-hybridized carbons (Fsp3) is 0.174. The van der Waals surface area contributed by atoms with E-state index in [2.05, 4.69) is 5.32 Å². The van der Waals surface area contributed by atoms with Gasteiger partial charge in [-0.15, -0.1) is 0 Å². The number of aryl methyl sites for hydroxylation is 1. The second-order valence-corrected chi connectivity index (χ2v) is 8.99. The lowest BCUT2D eigenvalue weighted by atomic mass is 10.0. The Kier molecular flexibility index (Phi) is 5.90. The third kappa shape index (κ3) is 4.69. The van der Waals surface area contributed by atoms with Gasteiger partial charge in [0.25, 0.3) is 15.9 Å². The monoisotopic (exact) mass is 440 g/mol. The maximum Gasteiger partial charge on any atom is 0.264 e. The Morgan fingerprint density at radius 3 is 2.45 bits per heavy atom. The van der Waals surface area contributed by atoms with Crippen molar-refractivity contribution in [2.75, 3.05) is 22.8 Å². The Bertz CT molecular complexity index is 1180. The van der Waals surface area contributed by atoms with Gasteiger partial charge in [-0.3, -0.25) is 9.10 Å². The Balaban J connectivity index is 1.41. The molecule has 160 valence electrons. The Morgan fingerprint density at radius 2 is 1.71 bits per heavy atom. The van der Waals surface area contributed by atoms with Crippen molar-refractivity contribution in [3.05, 3.63) is 84.2 Å². The zero-order valence-electron chi connectivity index (χ0n) is 16.6. The van der Waals surface area contributed by atoms with E-state index in [9.17, 15) is 17.6 Å². The minimum Gasteiger partial charge on any atom is -0.484 e. The summed E-state index contributed by atoms with van der Waals surface area (Å²) >= 11 is 0. The van der Waals surface area contributed by atoms with Crippen LogP contribution in [0.4, 0.5) is 15.8 Å². The number of carbonyl (C=O) groups excluding carboxylic acids is 1. The van der Waals surface area contributed by atoms with Crippen LogP contribution in [0.1, 0.15) is 12.0 Å². The number of rotatable bonds is 6. The van der Waals surface area contributed by atoms with Crippen molar-refractivity contribution in [2.24, 2.45) is 0 Å². The molecule has 0 saturated carbocycles. The molecule has 0 fully saturated rings. The molecule has 0 saturated heterocycles. The minimum absolute atomic E-state index is 0.160. The van der Waals surface area contributed by atoms with Gasteiger partial charge in [-0.1, -0.05) is 18.2 Å².